The Bertz CT molecular complexity index is 159. The summed E-state index contributed by atoms with van der Waals surface area (Å²) < 4.78 is 0. The highest BCUT2D eigenvalue weighted by molar-refractivity contribution is 4.94. The van der Waals surface area contributed by atoms with Gasteiger partial charge in [0.1, 0.15) is 0 Å². The second-order valence-corrected chi connectivity index (χ2v) is 4.80. The molecule has 1 heterocycles. The molecule has 2 heteroatoms. The number of hydrogen-bond donors (Lipinski definition) is 0. The second kappa shape index (κ2) is 3.97. The molecule has 0 bridgehead atoms. The van der Waals surface area contributed by atoms with Crippen molar-refractivity contribution in [1.29, 1.82) is 0 Å². The predicted octanol–water partition coefficient (Wildman–Crippen LogP) is 1.81. The summed E-state index contributed by atoms with van der Waals surface area (Å²) in [7, 11) is 2.22. The first kappa shape index (κ1) is 11.0. The molecule has 1 saturated heterocycles. The third-order valence-electron chi connectivity index (χ3n) is 3.71. The van der Waals surface area contributed by atoms with Gasteiger partial charge in [-0.05, 0) is 33.9 Å². The molecule has 0 N–H and O–H groups in total. The summed E-state index contributed by atoms with van der Waals surface area (Å²) in [5.41, 5.74) is 0.408. The molecule has 1 fully saturated rings. The maximum absolute atomic E-state index is 2.59. The molecule has 0 aromatic heterocycles. The van der Waals surface area contributed by atoms with Gasteiger partial charge in [0.2, 0.25) is 0 Å². The highest BCUT2D eigenvalue weighted by Crippen LogP contribution is 2.26. The van der Waals surface area contributed by atoms with Crippen LogP contribution in [0, 0.1) is 0 Å². The van der Waals surface area contributed by atoms with Crippen LogP contribution < -0.4 is 0 Å². The summed E-state index contributed by atoms with van der Waals surface area (Å²) in [5.74, 6) is 0. The van der Waals surface area contributed by atoms with E-state index in [1.807, 2.05) is 0 Å². The van der Waals surface area contributed by atoms with Crippen molar-refractivity contribution in [2.45, 2.75) is 45.7 Å². The van der Waals surface area contributed by atoms with Crippen molar-refractivity contribution in [2.24, 2.45) is 0 Å². The standard InChI is InChI=1S/C11H24N2/c1-6-11(3,4)13-8-10(9-13)12(5)7-2/h10H,6-9H2,1-5H3. The Hall–Kier alpha value is -0.0800. The molecule has 1 rings (SSSR count). The quantitative estimate of drug-likeness (QED) is 0.657. The van der Waals surface area contributed by atoms with Crippen molar-refractivity contribution in [3.63, 3.8) is 0 Å². The summed E-state index contributed by atoms with van der Waals surface area (Å²) >= 11 is 0. The summed E-state index contributed by atoms with van der Waals surface area (Å²) in [6.07, 6.45) is 1.25. The Kier molecular flexibility index (Phi) is 3.36. The second-order valence-electron chi connectivity index (χ2n) is 4.80. The van der Waals surface area contributed by atoms with Gasteiger partial charge in [0.05, 0.1) is 0 Å². The third kappa shape index (κ3) is 2.23. The van der Waals surface area contributed by atoms with Gasteiger partial charge in [-0.2, -0.15) is 0 Å². The zero-order valence-corrected chi connectivity index (χ0v) is 9.80. The Morgan fingerprint density at radius 3 is 2.23 bits per heavy atom. The zero-order valence-electron chi connectivity index (χ0n) is 9.80. The number of likely N-dealkylation sites (N-methyl/N-ethyl adjacent to an activating group) is 1. The molecule has 13 heavy (non-hydrogen) atoms. The third-order valence-corrected chi connectivity index (χ3v) is 3.71. The van der Waals surface area contributed by atoms with Crippen LogP contribution in [0.1, 0.15) is 34.1 Å². The molecule has 0 spiro atoms. The molecule has 0 atom stereocenters. The first-order valence-electron chi connectivity index (χ1n) is 5.46. The fraction of sp³-hybridized carbons (Fsp3) is 1.00. The molecular weight excluding hydrogens is 160 g/mol. The van der Waals surface area contributed by atoms with Crippen LogP contribution in [-0.4, -0.2) is 48.1 Å². The van der Waals surface area contributed by atoms with Gasteiger partial charge in [0, 0.05) is 24.7 Å². The number of likely N-dealkylation sites (tertiary alicyclic amines) is 1. The Morgan fingerprint density at radius 1 is 1.31 bits per heavy atom. The van der Waals surface area contributed by atoms with Gasteiger partial charge in [-0.15, -0.1) is 0 Å². The van der Waals surface area contributed by atoms with Crippen LogP contribution in [0.4, 0.5) is 0 Å². The van der Waals surface area contributed by atoms with Gasteiger partial charge < -0.3 is 4.90 Å². The monoisotopic (exact) mass is 184 g/mol. The minimum atomic E-state index is 0.408. The van der Waals surface area contributed by atoms with Gasteiger partial charge in [-0.3, -0.25) is 4.90 Å². The Morgan fingerprint density at radius 2 is 1.85 bits per heavy atom. The summed E-state index contributed by atoms with van der Waals surface area (Å²) in [6.45, 7) is 12.9. The van der Waals surface area contributed by atoms with Crippen molar-refractivity contribution in [2.75, 3.05) is 26.7 Å². The maximum Gasteiger partial charge on any atom is 0.0347 e. The van der Waals surface area contributed by atoms with Crippen LogP contribution in [-0.2, 0) is 0 Å². The largest absolute Gasteiger partial charge is 0.301 e. The number of hydrogen-bond acceptors (Lipinski definition) is 2. The van der Waals surface area contributed by atoms with E-state index in [9.17, 15) is 0 Å². The molecule has 2 nitrogen and oxygen atoms in total. The highest BCUT2D eigenvalue weighted by Gasteiger charge is 2.37. The lowest BCUT2D eigenvalue weighted by molar-refractivity contribution is -0.0205. The molecule has 0 saturated carbocycles. The topological polar surface area (TPSA) is 6.48 Å². The van der Waals surface area contributed by atoms with Crippen molar-refractivity contribution in [1.82, 2.24) is 9.80 Å². The average Bonchev–Trinajstić information content (AvgIpc) is 2.01. The summed E-state index contributed by atoms with van der Waals surface area (Å²) in [6, 6.07) is 0.802. The van der Waals surface area contributed by atoms with Crippen LogP contribution in [0.2, 0.25) is 0 Å². The molecular formula is C11H24N2. The Labute approximate surface area is 82.9 Å². The van der Waals surface area contributed by atoms with Gasteiger partial charge in [-0.25, -0.2) is 0 Å². The van der Waals surface area contributed by atoms with E-state index in [2.05, 4.69) is 44.5 Å². The number of nitrogens with zero attached hydrogens (tertiary/aromatic N) is 2. The molecule has 0 aromatic carbocycles. The highest BCUT2D eigenvalue weighted by atomic mass is 15.3. The van der Waals surface area contributed by atoms with Crippen LogP contribution in [0.25, 0.3) is 0 Å². The molecule has 1 aliphatic heterocycles. The summed E-state index contributed by atoms with van der Waals surface area (Å²) in [4.78, 5) is 5.03. The van der Waals surface area contributed by atoms with Crippen molar-refractivity contribution < 1.29 is 0 Å². The SMILES string of the molecule is CCN(C)C1CN(C(C)(C)CC)C1. The molecule has 0 aliphatic carbocycles. The van der Waals surface area contributed by atoms with E-state index in [0.717, 1.165) is 6.04 Å². The molecule has 0 aromatic rings. The van der Waals surface area contributed by atoms with Crippen LogP contribution >= 0.6 is 0 Å². The van der Waals surface area contributed by atoms with Gasteiger partial charge >= 0.3 is 0 Å². The van der Waals surface area contributed by atoms with E-state index >= 15 is 0 Å². The van der Waals surface area contributed by atoms with Gasteiger partial charge in [-0.1, -0.05) is 13.8 Å². The first-order chi connectivity index (χ1) is 6.01. The predicted molar refractivity (Wildman–Crippen MR) is 58.0 cm³/mol. The molecule has 0 amide bonds. The van der Waals surface area contributed by atoms with E-state index in [1.54, 1.807) is 0 Å². The maximum atomic E-state index is 2.59. The van der Waals surface area contributed by atoms with E-state index in [1.165, 1.54) is 26.1 Å². The van der Waals surface area contributed by atoms with Crippen molar-refractivity contribution >= 4 is 0 Å². The average molecular weight is 184 g/mol. The van der Waals surface area contributed by atoms with Crippen molar-refractivity contribution in [3.05, 3.63) is 0 Å². The molecule has 0 radical (unpaired) electrons. The van der Waals surface area contributed by atoms with Gasteiger partial charge in [0.25, 0.3) is 0 Å². The van der Waals surface area contributed by atoms with E-state index in [-0.39, 0.29) is 0 Å². The lowest BCUT2D eigenvalue weighted by Gasteiger charge is -2.51. The summed E-state index contributed by atoms with van der Waals surface area (Å²) in [5, 5.41) is 0. The normalized spacial score (nSPS) is 20.8. The van der Waals surface area contributed by atoms with Crippen LogP contribution in [0.5, 0.6) is 0 Å². The van der Waals surface area contributed by atoms with Crippen LogP contribution in [0.3, 0.4) is 0 Å². The van der Waals surface area contributed by atoms with E-state index in [4.69, 9.17) is 0 Å². The fourth-order valence-corrected chi connectivity index (χ4v) is 1.71. The van der Waals surface area contributed by atoms with Crippen molar-refractivity contribution in [3.8, 4) is 0 Å². The first-order valence-corrected chi connectivity index (χ1v) is 5.46. The zero-order chi connectivity index (χ0) is 10.1. The molecule has 1 aliphatic rings. The van der Waals surface area contributed by atoms with E-state index < -0.39 is 0 Å². The molecule has 78 valence electrons. The van der Waals surface area contributed by atoms with Crippen LogP contribution in [0.15, 0.2) is 0 Å². The smallest absolute Gasteiger partial charge is 0.0347 e. The van der Waals surface area contributed by atoms with Gasteiger partial charge in [0.15, 0.2) is 0 Å². The number of rotatable bonds is 4. The lowest BCUT2D eigenvalue weighted by atomic mass is 9.92. The Balaban J connectivity index is 2.33. The lowest BCUT2D eigenvalue weighted by Crippen LogP contribution is -2.64. The minimum Gasteiger partial charge on any atom is -0.301 e. The molecule has 0 unspecified atom stereocenters. The minimum absolute atomic E-state index is 0.408. The fourth-order valence-electron chi connectivity index (χ4n) is 1.71. The van der Waals surface area contributed by atoms with E-state index in [0.29, 0.717) is 5.54 Å².